The van der Waals surface area contributed by atoms with E-state index >= 15 is 4.79 Å². The summed E-state index contributed by atoms with van der Waals surface area (Å²) in [6.45, 7) is 21.5. The van der Waals surface area contributed by atoms with Gasteiger partial charge in [0.2, 0.25) is 11.8 Å². The van der Waals surface area contributed by atoms with Gasteiger partial charge in [0.15, 0.2) is 0 Å². The SMILES string of the molecule is Cc1cc2c(cc1/C(=N/O)c1ccc(C(=O)O)c(F)c1)C(C)(C)CCC2(C)CCCN1C(=O)CC(C)(CCC(C)N2C(=O)CC(C)(C)c3ccc(-c4cc(/C=C/C(=O)O)ccc4C)cc32)c2ccc(-c3cc(/C=C/C(=O)O)ccc3C)cc21. The first kappa shape index (κ1) is 59.2. The van der Waals surface area contributed by atoms with Gasteiger partial charge in [-0.25, -0.2) is 18.8 Å². The number of halogens is 1. The number of benzene rings is 6. The van der Waals surface area contributed by atoms with Crippen LogP contribution >= 0.6 is 0 Å². The zero-order valence-corrected chi connectivity index (χ0v) is 49.1. The van der Waals surface area contributed by atoms with Gasteiger partial charge in [-0.2, -0.15) is 0 Å². The average Bonchev–Trinajstić information content (AvgIpc) is 1.82. The summed E-state index contributed by atoms with van der Waals surface area (Å²) in [5.74, 6) is -4.37. The first-order valence-corrected chi connectivity index (χ1v) is 28.5. The molecule has 0 bridgehead atoms. The number of amides is 2. The van der Waals surface area contributed by atoms with E-state index in [9.17, 15) is 44.1 Å². The molecule has 6 aromatic carbocycles. The molecule has 2 heterocycles. The van der Waals surface area contributed by atoms with Crippen LogP contribution < -0.4 is 9.80 Å². The van der Waals surface area contributed by atoms with Gasteiger partial charge in [0, 0.05) is 70.9 Å². The minimum Gasteiger partial charge on any atom is -0.478 e. The van der Waals surface area contributed by atoms with Crippen molar-refractivity contribution < 1.29 is 48.9 Å². The zero-order chi connectivity index (χ0) is 60.1. The van der Waals surface area contributed by atoms with E-state index in [1.165, 1.54) is 12.1 Å². The third-order valence-electron chi connectivity index (χ3n) is 18.2. The molecule has 9 rings (SSSR count). The number of fused-ring (bicyclic) bond motifs is 3. The number of carbonyl (C=O) groups is 5. The van der Waals surface area contributed by atoms with Crippen molar-refractivity contribution in [2.45, 2.75) is 148 Å². The molecule has 430 valence electrons. The second-order valence-electron chi connectivity index (χ2n) is 25.2. The van der Waals surface area contributed by atoms with Gasteiger partial charge in [-0.05, 0) is 204 Å². The van der Waals surface area contributed by atoms with Crippen LogP contribution in [0.3, 0.4) is 0 Å². The highest BCUT2D eigenvalue weighted by Gasteiger charge is 2.44. The van der Waals surface area contributed by atoms with Gasteiger partial charge in [0.1, 0.15) is 11.5 Å². The van der Waals surface area contributed by atoms with Gasteiger partial charge in [-0.1, -0.05) is 107 Å². The summed E-state index contributed by atoms with van der Waals surface area (Å²) in [6.07, 6.45) is 10.3. The molecular weight excluding hydrogens is 1050 g/mol. The fraction of sp³-hybridized carbons (Fsp3) is 0.343. The molecule has 1 aliphatic carbocycles. The topological polar surface area (TPSA) is 185 Å². The van der Waals surface area contributed by atoms with E-state index in [1.807, 2.05) is 73.0 Å². The van der Waals surface area contributed by atoms with Crippen molar-refractivity contribution >= 4 is 59.0 Å². The molecular formula is C70H74FN3O9. The Kier molecular flexibility index (Phi) is 16.2. The molecule has 2 aliphatic heterocycles. The van der Waals surface area contributed by atoms with Gasteiger partial charge >= 0.3 is 17.9 Å². The molecule has 0 saturated heterocycles. The predicted octanol–water partition coefficient (Wildman–Crippen LogP) is 14.9. The Morgan fingerprint density at radius 2 is 1.22 bits per heavy atom. The number of carboxylic acid groups (broad SMARTS) is 3. The Labute approximate surface area is 485 Å². The van der Waals surface area contributed by atoms with Crippen LogP contribution in [0.5, 0.6) is 0 Å². The third kappa shape index (κ3) is 11.8. The molecule has 2 amide bonds. The van der Waals surface area contributed by atoms with Crippen LogP contribution in [0, 0.1) is 26.6 Å². The maximum Gasteiger partial charge on any atom is 0.338 e. The summed E-state index contributed by atoms with van der Waals surface area (Å²) in [7, 11) is 0. The van der Waals surface area contributed by atoms with E-state index < -0.39 is 40.1 Å². The second kappa shape index (κ2) is 22.7. The molecule has 83 heavy (non-hydrogen) atoms. The summed E-state index contributed by atoms with van der Waals surface area (Å²) in [5.41, 5.74) is 12.9. The Bertz CT molecular complexity index is 3740. The Balaban J connectivity index is 1.03. The molecule has 0 aromatic heterocycles. The van der Waals surface area contributed by atoms with Gasteiger partial charge in [0.25, 0.3) is 0 Å². The molecule has 4 N–H and O–H groups in total. The lowest BCUT2D eigenvalue weighted by molar-refractivity contribution is -0.132. The molecule has 0 saturated carbocycles. The number of aromatic carboxylic acids is 1. The minimum atomic E-state index is -1.39. The van der Waals surface area contributed by atoms with Crippen molar-refractivity contribution in [2.75, 3.05) is 16.3 Å². The quantitative estimate of drug-likeness (QED) is 0.0299. The fourth-order valence-electron chi connectivity index (χ4n) is 13.2. The van der Waals surface area contributed by atoms with Crippen LogP contribution in [0.25, 0.3) is 34.4 Å². The van der Waals surface area contributed by atoms with Crippen LogP contribution in [0.4, 0.5) is 15.8 Å². The Hall–Kier alpha value is -8.45. The van der Waals surface area contributed by atoms with Gasteiger partial charge in [-0.15, -0.1) is 0 Å². The van der Waals surface area contributed by atoms with E-state index in [4.69, 9.17) is 0 Å². The van der Waals surface area contributed by atoms with Gasteiger partial charge < -0.3 is 30.3 Å². The maximum atomic E-state index is 15.1. The predicted molar refractivity (Wildman–Crippen MR) is 326 cm³/mol. The van der Waals surface area contributed by atoms with Crippen molar-refractivity contribution in [2.24, 2.45) is 5.16 Å². The largest absolute Gasteiger partial charge is 0.478 e. The molecule has 0 radical (unpaired) electrons. The third-order valence-corrected chi connectivity index (χ3v) is 18.2. The number of carboxylic acids is 3. The van der Waals surface area contributed by atoms with Gasteiger partial charge in [-0.3, -0.25) is 9.59 Å². The molecule has 0 fully saturated rings. The number of oxime groups is 1. The first-order valence-electron chi connectivity index (χ1n) is 28.5. The molecule has 12 nitrogen and oxygen atoms in total. The number of rotatable bonds is 17. The molecule has 6 aromatic rings. The van der Waals surface area contributed by atoms with Crippen molar-refractivity contribution in [1.29, 1.82) is 0 Å². The molecule has 3 atom stereocenters. The zero-order valence-electron chi connectivity index (χ0n) is 49.1. The number of anilines is 2. The van der Waals surface area contributed by atoms with Crippen molar-refractivity contribution in [3.05, 3.63) is 188 Å². The summed E-state index contributed by atoms with van der Waals surface area (Å²) in [6, 6.07) is 31.9. The monoisotopic (exact) mass is 1120 g/mol. The van der Waals surface area contributed by atoms with Gasteiger partial charge in [0.05, 0.1) is 5.56 Å². The van der Waals surface area contributed by atoms with E-state index in [0.29, 0.717) is 37.8 Å². The Morgan fingerprint density at radius 1 is 0.614 bits per heavy atom. The first-order chi connectivity index (χ1) is 39.1. The van der Waals surface area contributed by atoms with Crippen LogP contribution in [0.1, 0.15) is 171 Å². The fourth-order valence-corrected chi connectivity index (χ4v) is 13.2. The normalized spacial score (nSPS) is 19.6. The molecule has 13 heteroatoms. The number of hydrogen-bond donors (Lipinski definition) is 4. The van der Waals surface area contributed by atoms with Crippen molar-refractivity contribution in [3.63, 3.8) is 0 Å². The van der Waals surface area contributed by atoms with Crippen LogP contribution in [-0.4, -0.2) is 68.5 Å². The molecule has 0 spiro atoms. The lowest BCUT2D eigenvalue weighted by atomic mass is 9.60. The average molecular weight is 1120 g/mol. The number of hydrogen-bond acceptors (Lipinski definition) is 7. The number of nitrogens with zero attached hydrogens (tertiary/aromatic N) is 3. The van der Waals surface area contributed by atoms with E-state index in [0.717, 1.165) is 121 Å². The number of aliphatic carboxylic acids is 2. The van der Waals surface area contributed by atoms with Crippen LogP contribution in [0.2, 0.25) is 0 Å². The van der Waals surface area contributed by atoms with Crippen LogP contribution in [0.15, 0.2) is 120 Å². The van der Waals surface area contributed by atoms with E-state index in [1.54, 1.807) is 12.2 Å². The van der Waals surface area contributed by atoms with E-state index in [2.05, 4.69) is 96.1 Å². The highest BCUT2D eigenvalue weighted by molar-refractivity contribution is 6.14. The second-order valence-corrected chi connectivity index (χ2v) is 25.2. The summed E-state index contributed by atoms with van der Waals surface area (Å²) >= 11 is 0. The number of carbonyl (C=O) groups excluding carboxylic acids is 2. The molecule has 3 unspecified atom stereocenters. The highest BCUT2D eigenvalue weighted by Crippen LogP contribution is 2.51. The molecule has 3 aliphatic rings. The smallest absolute Gasteiger partial charge is 0.338 e. The lowest BCUT2D eigenvalue weighted by Crippen LogP contribution is -2.48. The maximum absolute atomic E-state index is 15.1. The Morgan fingerprint density at radius 3 is 1.80 bits per heavy atom. The standard InChI is InChI=1S/C70H74FN3O9/c1-41-12-14-45(16-24-63(77)78)33-51(41)47-20-23-55-59(36-47)73(31-11-27-69(9)30-29-67(5,6)56-38-53(43(3)32-57(56)69)65(72-83)49-18-21-50(66(81)82)58(71)35-49)61(75)40-70(55,10)28-26-44(4)74-60-37-48(19-22-54(60)68(7,8)39-62(74)76)52-34-46(15-13-42(52)2)17-25-64(79)80/h12-25,32-38,44,83H,11,26-31,39-40H2,1-10H3,(H,77,78)(H,79,80)(H,81,82)/b24-16+,25-17+,72-65+. The summed E-state index contributed by atoms with van der Waals surface area (Å²) in [5, 5.41) is 42.2. The summed E-state index contributed by atoms with van der Waals surface area (Å²) < 4.78 is 15.0. The highest BCUT2D eigenvalue weighted by atomic mass is 19.1. The van der Waals surface area contributed by atoms with E-state index in [-0.39, 0.29) is 46.4 Å². The van der Waals surface area contributed by atoms with Crippen molar-refractivity contribution in [3.8, 4) is 22.3 Å². The van der Waals surface area contributed by atoms with Crippen molar-refractivity contribution in [1.82, 2.24) is 0 Å². The number of aryl methyl sites for hydroxylation is 3. The minimum absolute atomic E-state index is 0.000661. The lowest BCUT2D eigenvalue weighted by Gasteiger charge is -2.45. The summed E-state index contributed by atoms with van der Waals surface area (Å²) in [4.78, 5) is 68.0. The van der Waals surface area contributed by atoms with Crippen LogP contribution in [-0.2, 0) is 40.8 Å².